The molecule has 0 unspecified atom stereocenters. The van der Waals surface area contributed by atoms with E-state index >= 15 is 0 Å². The molecule has 0 saturated heterocycles. The van der Waals surface area contributed by atoms with E-state index < -0.39 is 0 Å². The summed E-state index contributed by atoms with van der Waals surface area (Å²) in [6.45, 7) is 0.875. The lowest BCUT2D eigenvalue weighted by Crippen LogP contribution is -2.25. The quantitative estimate of drug-likeness (QED) is 0.714. The average molecular weight is 390 g/mol. The molecule has 1 N–H and O–H groups in total. The van der Waals surface area contributed by atoms with E-state index in [2.05, 4.69) is 38.4 Å². The number of nitrogens with one attached hydrogen (secondary N) is 1. The first-order valence-electron chi connectivity index (χ1n) is 9.40. The third-order valence-corrected chi connectivity index (χ3v) is 4.91. The molecule has 3 aromatic rings. The maximum Gasteiger partial charge on any atom is 0.275 e. The summed E-state index contributed by atoms with van der Waals surface area (Å²) in [4.78, 5) is 23.6. The van der Waals surface area contributed by atoms with E-state index in [4.69, 9.17) is 9.47 Å². The molecule has 7 nitrogen and oxygen atoms in total. The van der Waals surface area contributed by atoms with Crippen LogP contribution in [0.15, 0.2) is 54.9 Å². The molecule has 0 spiro atoms. The Morgan fingerprint density at radius 3 is 2.69 bits per heavy atom. The van der Waals surface area contributed by atoms with Gasteiger partial charge in [0.15, 0.2) is 5.82 Å². The molecule has 0 bridgehead atoms. The largest absolute Gasteiger partial charge is 0.497 e. The first kappa shape index (κ1) is 18.7. The second-order valence-corrected chi connectivity index (χ2v) is 6.66. The fourth-order valence-corrected chi connectivity index (χ4v) is 3.44. The minimum absolute atomic E-state index is 0.233. The first-order valence-corrected chi connectivity index (χ1v) is 9.40. The van der Waals surface area contributed by atoms with Gasteiger partial charge in [0, 0.05) is 18.3 Å². The molecule has 29 heavy (non-hydrogen) atoms. The number of ether oxygens (including phenoxy) is 2. The van der Waals surface area contributed by atoms with Gasteiger partial charge in [0.25, 0.3) is 5.91 Å². The predicted molar refractivity (Wildman–Crippen MR) is 111 cm³/mol. The maximum absolute atomic E-state index is 12.6. The van der Waals surface area contributed by atoms with Crippen LogP contribution in [-0.2, 0) is 6.42 Å². The van der Waals surface area contributed by atoms with E-state index in [1.54, 1.807) is 31.5 Å². The molecular weight excluding hydrogens is 368 g/mol. The highest BCUT2D eigenvalue weighted by atomic mass is 16.5. The van der Waals surface area contributed by atoms with Crippen LogP contribution >= 0.6 is 0 Å². The molecule has 0 aliphatic carbocycles. The van der Waals surface area contributed by atoms with Crippen molar-refractivity contribution in [3.8, 4) is 11.5 Å². The van der Waals surface area contributed by atoms with Gasteiger partial charge < -0.3 is 19.7 Å². The van der Waals surface area contributed by atoms with Crippen LogP contribution in [0.3, 0.4) is 0 Å². The number of fused-ring (bicyclic) bond motifs is 1. The number of amides is 1. The first-order chi connectivity index (χ1) is 14.2. The lowest BCUT2D eigenvalue weighted by Gasteiger charge is -2.30. The van der Waals surface area contributed by atoms with Crippen molar-refractivity contribution >= 4 is 23.1 Å². The van der Waals surface area contributed by atoms with Gasteiger partial charge in [-0.1, -0.05) is 18.2 Å². The Kier molecular flexibility index (Phi) is 5.29. The van der Waals surface area contributed by atoms with Gasteiger partial charge in [-0.25, -0.2) is 9.97 Å². The van der Waals surface area contributed by atoms with E-state index in [-0.39, 0.29) is 11.6 Å². The minimum Gasteiger partial charge on any atom is -0.497 e. The second kappa shape index (κ2) is 8.18. The number of nitrogens with zero attached hydrogens (tertiary/aromatic N) is 3. The van der Waals surface area contributed by atoms with Crippen molar-refractivity contribution in [2.75, 3.05) is 31.0 Å². The SMILES string of the molecule is COc1ccc(NC(=O)c2cnc(N3CCCc4ccccc43)cn2)c(OC)c1. The molecule has 1 aliphatic heterocycles. The van der Waals surface area contributed by atoms with Crippen molar-refractivity contribution in [2.24, 2.45) is 0 Å². The molecule has 0 saturated carbocycles. The van der Waals surface area contributed by atoms with Crippen LogP contribution in [0.25, 0.3) is 0 Å². The Hall–Kier alpha value is -3.61. The third-order valence-electron chi connectivity index (χ3n) is 4.91. The smallest absolute Gasteiger partial charge is 0.275 e. The zero-order valence-corrected chi connectivity index (χ0v) is 16.4. The van der Waals surface area contributed by atoms with Crippen molar-refractivity contribution in [3.63, 3.8) is 0 Å². The van der Waals surface area contributed by atoms with Gasteiger partial charge in [-0.3, -0.25) is 4.79 Å². The van der Waals surface area contributed by atoms with E-state index in [1.807, 2.05) is 6.07 Å². The van der Waals surface area contributed by atoms with E-state index in [1.165, 1.54) is 18.9 Å². The second-order valence-electron chi connectivity index (χ2n) is 6.66. The Morgan fingerprint density at radius 1 is 1.07 bits per heavy atom. The number of carbonyl (C=O) groups excluding carboxylic acids is 1. The predicted octanol–water partition coefficient (Wildman–Crippen LogP) is 3.83. The number of hydrogen-bond donors (Lipinski definition) is 1. The number of aryl methyl sites for hydroxylation is 1. The number of aromatic nitrogens is 2. The highest BCUT2D eigenvalue weighted by Crippen LogP contribution is 2.32. The average Bonchev–Trinajstić information content (AvgIpc) is 2.79. The van der Waals surface area contributed by atoms with Gasteiger partial charge in [0.1, 0.15) is 17.2 Å². The van der Waals surface area contributed by atoms with Gasteiger partial charge in [-0.05, 0) is 36.6 Å². The molecule has 0 fully saturated rings. The van der Waals surface area contributed by atoms with Gasteiger partial charge in [-0.15, -0.1) is 0 Å². The zero-order valence-electron chi connectivity index (χ0n) is 16.4. The van der Waals surface area contributed by atoms with Crippen LogP contribution in [-0.4, -0.2) is 36.6 Å². The normalized spacial score (nSPS) is 12.8. The number of carbonyl (C=O) groups is 1. The lowest BCUT2D eigenvalue weighted by atomic mass is 10.0. The Morgan fingerprint density at radius 2 is 1.93 bits per heavy atom. The molecule has 2 aromatic carbocycles. The number of hydrogen-bond acceptors (Lipinski definition) is 6. The number of para-hydroxylation sites is 1. The van der Waals surface area contributed by atoms with Gasteiger partial charge in [0.05, 0.1) is 32.3 Å². The summed E-state index contributed by atoms with van der Waals surface area (Å²) in [6, 6.07) is 13.5. The number of rotatable bonds is 5. The van der Waals surface area contributed by atoms with Gasteiger partial charge >= 0.3 is 0 Å². The van der Waals surface area contributed by atoms with Crippen molar-refractivity contribution in [1.82, 2.24) is 9.97 Å². The van der Waals surface area contributed by atoms with Crippen LogP contribution in [0.1, 0.15) is 22.5 Å². The lowest BCUT2D eigenvalue weighted by molar-refractivity contribution is 0.102. The van der Waals surface area contributed by atoms with Crippen molar-refractivity contribution in [2.45, 2.75) is 12.8 Å². The Balaban J connectivity index is 1.52. The fraction of sp³-hybridized carbons (Fsp3) is 0.227. The highest BCUT2D eigenvalue weighted by Gasteiger charge is 2.20. The highest BCUT2D eigenvalue weighted by molar-refractivity contribution is 6.03. The summed E-state index contributed by atoms with van der Waals surface area (Å²) < 4.78 is 10.5. The summed E-state index contributed by atoms with van der Waals surface area (Å²) in [5, 5.41) is 2.81. The molecule has 4 rings (SSSR count). The van der Waals surface area contributed by atoms with E-state index in [9.17, 15) is 4.79 Å². The molecule has 1 aliphatic rings. The topological polar surface area (TPSA) is 76.6 Å². The molecule has 0 atom stereocenters. The molecule has 1 amide bonds. The number of benzene rings is 2. The van der Waals surface area contributed by atoms with E-state index in [0.29, 0.717) is 17.2 Å². The molecule has 0 radical (unpaired) electrons. The standard InChI is InChI=1S/C22H22N4O3/c1-28-16-9-10-17(20(12-16)29-2)25-22(27)18-13-24-21(14-23-18)26-11-5-7-15-6-3-4-8-19(15)26/h3-4,6,8-10,12-14H,5,7,11H2,1-2H3,(H,25,27). The third kappa shape index (κ3) is 3.85. The summed E-state index contributed by atoms with van der Waals surface area (Å²) in [6.07, 6.45) is 5.25. The molecule has 2 heterocycles. The molecule has 7 heteroatoms. The molecule has 148 valence electrons. The van der Waals surface area contributed by atoms with Crippen molar-refractivity contribution in [1.29, 1.82) is 0 Å². The Bertz CT molecular complexity index is 1020. The van der Waals surface area contributed by atoms with Crippen LogP contribution in [0.5, 0.6) is 11.5 Å². The van der Waals surface area contributed by atoms with Crippen LogP contribution in [0, 0.1) is 0 Å². The maximum atomic E-state index is 12.6. The fourth-order valence-electron chi connectivity index (χ4n) is 3.44. The Labute approximate surface area is 169 Å². The van der Waals surface area contributed by atoms with E-state index in [0.717, 1.165) is 30.9 Å². The monoisotopic (exact) mass is 390 g/mol. The van der Waals surface area contributed by atoms with Crippen molar-refractivity contribution < 1.29 is 14.3 Å². The van der Waals surface area contributed by atoms with Crippen molar-refractivity contribution in [3.05, 3.63) is 66.1 Å². The number of methoxy groups -OCH3 is 2. The zero-order chi connectivity index (χ0) is 20.2. The van der Waals surface area contributed by atoms with Crippen LogP contribution in [0.2, 0.25) is 0 Å². The summed E-state index contributed by atoms with van der Waals surface area (Å²) >= 11 is 0. The summed E-state index contributed by atoms with van der Waals surface area (Å²) in [7, 11) is 3.11. The number of anilines is 3. The summed E-state index contributed by atoms with van der Waals surface area (Å²) in [5.41, 5.74) is 3.22. The minimum atomic E-state index is -0.355. The van der Waals surface area contributed by atoms with Crippen LogP contribution < -0.4 is 19.7 Å². The van der Waals surface area contributed by atoms with Crippen LogP contribution in [0.4, 0.5) is 17.2 Å². The molecular formula is C22H22N4O3. The van der Waals surface area contributed by atoms with Gasteiger partial charge in [0.2, 0.25) is 0 Å². The molecule has 1 aromatic heterocycles. The summed E-state index contributed by atoms with van der Waals surface area (Å²) in [5.74, 6) is 1.53. The van der Waals surface area contributed by atoms with Gasteiger partial charge in [-0.2, -0.15) is 0 Å².